The second kappa shape index (κ2) is 11.2. The van der Waals surface area contributed by atoms with E-state index < -0.39 is 30.8 Å². The van der Waals surface area contributed by atoms with E-state index in [1.165, 1.54) is 29.2 Å². The lowest BCUT2D eigenvalue weighted by molar-refractivity contribution is -0.126. The molecule has 1 aliphatic rings. The smallest absolute Gasteiger partial charge is 0.262 e. The molecular formula is C24H35F3N2O2. The molecule has 0 aliphatic carbocycles. The van der Waals surface area contributed by atoms with Gasteiger partial charge in [0.25, 0.3) is 5.92 Å². The third-order valence-electron chi connectivity index (χ3n) is 5.07. The van der Waals surface area contributed by atoms with E-state index in [1.54, 1.807) is 0 Å². The number of halogens is 3. The van der Waals surface area contributed by atoms with E-state index in [9.17, 15) is 18.0 Å². The average molecular weight is 441 g/mol. The fourth-order valence-electron chi connectivity index (χ4n) is 3.44. The Morgan fingerprint density at radius 3 is 2.42 bits per heavy atom. The molecule has 1 amide bonds. The van der Waals surface area contributed by atoms with Gasteiger partial charge in [-0.15, -0.1) is 0 Å². The van der Waals surface area contributed by atoms with Crippen LogP contribution in [0.3, 0.4) is 0 Å². The van der Waals surface area contributed by atoms with E-state index in [0.29, 0.717) is 5.75 Å². The molecule has 0 saturated carbocycles. The number of amides is 1. The topological polar surface area (TPSA) is 41.6 Å². The highest BCUT2D eigenvalue weighted by Gasteiger charge is 2.47. The molecular weight excluding hydrogens is 405 g/mol. The van der Waals surface area contributed by atoms with Crippen LogP contribution in [-0.4, -0.2) is 42.5 Å². The Morgan fingerprint density at radius 1 is 1.19 bits per heavy atom. The summed E-state index contributed by atoms with van der Waals surface area (Å²) in [5, 5.41) is 2.84. The molecule has 0 radical (unpaired) electrons. The van der Waals surface area contributed by atoms with Crippen molar-refractivity contribution in [1.29, 1.82) is 0 Å². The molecule has 4 nitrogen and oxygen atoms in total. The van der Waals surface area contributed by atoms with Crippen molar-refractivity contribution in [3.63, 3.8) is 0 Å². The Labute approximate surface area is 185 Å². The van der Waals surface area contributed by atoms with E-state index in [-0.39, 0.29) is 27.9 Å². The lowest BCUT2D eigenvalue weighted by Gasteiger charge is -2.24. The summed E-state index contributed by atoms with van der Waals surface area (Å²) in [4.78, 5) is 14.1. The number of carbonyl (C=O) groups excluding carboxylic acids is 1. The van der Waals surface area contributed by atoms with Crippen LogP contribution in [-0.2, 0) is 4.79 Å². The van der Waals surface area contributed by atoms with Gasteiger partial charge < -0.3 is 10.1 Å². The zero-order valence-electron chi connectivity index (χ0n) is 18.5. The zero-order valence-corrected chi connectivity index (χ0v) is 18.5. The maximum absolute atomic E-state index is 14.0. The first-order valence-corrected chi connectivity index (χ1v) is 10.6. The molecule has 1 heterocycles. The van der Waals surface area contributed by atoms with Gasteiger partial charge in [-0.05, 0) is 43.7 Å². The van der Waals surface area contributed by atoms with Crippen molar-refractivity contribution >= 4 is 5.91 Å². The van der Waals surface area contributed by atoms with E-state index in [4.69, 9.17) is 4.74 Å². The number of likely N-dealkylation sites (tertiary alicyclic amines) is 1. The van der Waals surface area contributed by atoms with Gasteiger partial charge in [-0.1, -0.05) is 43.7 Å². The second-order valence-corrected chi connectivity index (χ2v) is 7.49. The van der Waals surface area contributed by atoms with Crippen LogP contribution in [0.4, 0.5) is 13.2 Å². The number of hydrogen-bond donors (Lipinski definition) is 1. The SMILES string of the molecule is CC.Cc1ccc([C@H](C)NC(=O)[C@H]2CC(F)(F)CN2CCOc2ccc(F)cc2)cc1.[HH].[HH]. The van der Waals surface area contributed by atoms with Gasteiger partial charge in [-0.2, -0.15) is 0 Å². The minimum Gasteiger partial charge on any atom is -0.492 e. The fraction of sp³-hybridized carbons (Fsp3) is 0.458. The molecule has 2 aromatic carbocycles. The molecule has 0 aromatic heterocycles. The molecule has 2 aromatic rings. The van der Waals surface area contributed by atoms with Gasteiger partial charge in [-0.25, -0.2) is 13.2 Å². The lowest BCUT2D eigenvalue weighted by Crippen LogP contribution is -2.45. The summed E-state index contributed by atoms with van der Waals surface area (Å²) >= 11 is 0. The minimum atomic E-state index is -2.93. The van der Waals surface area contributed by atoms with Gasteiger partial charge >= 0.3 is 0 Å². The normalized spacial score (nSPS) is 18.6. The van der Waals surface area contributed by atoms with Gasteiger partial charge in [0.05, 0.1) is 18.6 Å². The van der Waals surface area contributed by atoms with Gasteiger partial charge in [-0.3, -0.25) is 9.69 Å². The van der Waals surface area contributed by atoms with Crippen LogP contribution >= 0.6 is 0 Å². The Kier molecular flexibility index (Phi) is 8.92. The molecule has 7 heteroatoms. The van der Waals surface area contributed by atoms with Crippen LogP contribution in [0, 0.1) is 12.7 Å². The third-order valence-corrected chi connectivity index (χ3v) is 5.07. The quantitative estimate of drug-likeness (QED) is 0.608. The summed E-state index contributed by atoms with van der Waals surface area (Å²) in [7, 11) is 0. The number of benzene rings is 2. The van der Waals surface area contributed by atoms with Crippen molar-refractivity contribution < 1.29 is 25.6 Å². The highest BCUT2D eigenvalue weighted by molar-refractivity contribution is 5.82. The number of nitrogens with zero attached hydrogens (tertiary/aromatic N) is 1. The van der Waals surface area contributed by atoms with E-state index in [0.717, 1.165) is 11.1 Å². The molecule has 1 N–H and O–H groups in total. The Bertz CT molecular complexity index is 837. The predicted molar refractivity (Wildman–Crippen MR) is 120 cm³/mol. The van der Waals surface area contributed by atoms with Crippen LogP contribution in [0.15, 0.2) is 48.5 Å². The van der Waals surface area contributed by atoms with Crippen LogP contribution < -0.4 is 10.1 Å². The summed E-state index contributed by atoms with van der Waals surface area (Å²) in [6, 6.07) is 12.0. The molecule has 0 bridgehead atoms. The van der Waals surface area contributed by atoms with E-state index in [1.807, 2.05) is 52.0 Å². The third kappa shape index (κ3) is 7.28. The first kappa shape index (κ1) is 24.7. The average Bonchev–Trinajstić information content (AvgIpc) is 3.06. The first-order chi connectivity index (χ1) is 14.7. The van der Waals surface area contributed by atoms with Crippen molar-refractivity contribution in [2.45, 2.75) is 52.1 Å². The first-order valence-electron chi connectivity index (χ1n) is 10.6. The Hall–Kier alpha value is -2.54. The maximum atomic E-state index is 14.0. The molecule has 1 saturated heterocycles. The number of hydrogen-bond acceptors (Lipinski definition) is 3. The van der Waals surface area contributed by atoms with Gasteiger partial charge in [0.15, 0.2) is 0 Å². The summed E-state index contributed by atoms with van der Waals surface area (Å²) in [5.74, 6) is -3.27. The number of ether oxygens (including phenoxy) is 1. The molecule has 2 atom stereocenters. The standard InChI is InChI=1S/C22H25F3N2O2.C2H6.2H2/c1-15-3-5-17(6-4-15)16(2)26-21(28)20-13-22(24,25)14-27(20)11-12-29-19-9-7-18(23)8-10-19;1-2;;/h3-10,16,20H,11-14H2,1-2H3,(H,26,28);1-2H3;2*1H/t16-,20+;;;/m0.../s1. The summed E-state index contributed by atoms with van der Waals surface area (Å²) < 4.78 is 46.4. The molecule has 174 valence electrons. The van der Waals surface area contributed by atoms with Crippen molar-refractivity contribution in [2.75, 3.05) is 19.7 Å². The molecule has 1 fully saturated rings. The van der Waals surface area contributed by atoms with Crippen LogP contribution in [0.5, 0.6) is 5.75 Å². The van der Waals surface area contributed by atoms with E-state index in [2.05, 4.69) is 5.32 Å². The van der Waals surface area contributed by atoms with Crippen LogP contribution in [0.1, 0.15) is 47.2 Å². The van der Waals surface area contributed by atoms with Crippen molar-refractivity contribution in [2.24, 2.45) is 0 Å². The summed E-state index contributed by atoms with van der Waals surface area (Å²) in [6.07, 6.45) is -0.518. The molecule has 1 aliphatic heterocycles. The minimum absolute atomic E-state index is 0. The van der Waals surface area contributed by atoms with Gasteiger partial charge in [0.1, 0.15) is 18.2 Å². The number of carbonyl (C=O) groups is 1. The number of alkyl halides is 2. The molecule has 31 heavy (non-hydrogen) atoms. The second-order valence-electron chi connectivity index (χ2n) is 7.49. The highest BCUT2D eigenvalue weighted by Crippen LogP contribution is 2.32. The summed E-state index contributed by atoms with van der Waals surface area (Å²) in [5.41, 5.74) is 2.02. The maximum Gasteiger partial charge on any atom is 0.262 e. The van der Waals surface area contributed by atoms with Crippen LogP contribution in [0.25, 0.3) is 0 Å². The monoisotopic (exact) mass is 440 g/mol. The lowest BCUT2D eigenvalue weighted by atomic mass is 10.1. The molecule has 0 spiro atoms. The van der Waals surface area contributed by atoms with Crippen molar-refractivity contribution in [3.8, 4) is 5.75 Å². The molecule has 3 rings (SSSR count). The Morgan fingerprint density at radius 2 is 1.81 bits per heavy atom. The Balaban J connectivity index is 0.00000249. The molecule has 0 unspecified atom stereocenters. The number of nitrogens with one attached hydrogen (secondary N) is 1. The van der Waals surface area contributed by atoms with E-state index >= 15 is 0 Å². The largest absolute Gasteiger partial charge is 0.492 e. The van der Waals surface area contributed by atoms with Crippen LogP contribution in [0.2, 0.25) is 0 Å². The zero-order chi connectivity index (χ0) is 23.0. The van der Waals surface area contributed by atoms with Gasteiger partial charge in [0.2, 0.25) is 5.91 Å². The number of aryl methyl sites for hydroxylation is 1. The van der Waals surface area contributed by atoms with Crippen molar-refractivity contribution in [3.05, 3.63) is 65.5 Å². The fourth-order valence-corrected chi connectivity index (χ4v) is 3.44. The highest BCUT2D eigenvalue weighted by atomic mass is 19.3. The predicted octanol–water partition coefficient (Wildman–Crippen LogP) is 5.62. The summed E-state index contributed by atoms with van der Waals surface area (Å²) in [6.45, 7) is 7.61. The van der Waals surface area contributed by atoms with Gasteiger partial charge in [0, 0.05) is 15.8 Å². The number of rotatable bonds is 7. The van der Waals surface area contributed by atoms with Crippen molar-refractivity contribution in [1.82, 2.24) is 10.2 Å².